The summed E-state index contributed by atoms with van der Waals surface area (Å²) in [6.45, 7) is 0. The molecule has 0 saturated heterocycles. The summed E-state index contributed by atoms with van der Waals surface area (Å²) in [5.74, 6) is -0.644. The second-order valence-electron chi connectivity index (χ2n) is 3.04. The number of pyridine rings is 1. The number of aliphatic imine (C=N–C) groups is 1. The zero-order valence-corrected chi connectivity index (χ0v) is 9.89. The fourth-order valence-corrected chi connectivity index (χ4v) is 1.22. The maximum Gasteiger partial charge on any atom is 0.337 e. The molecule has 0 amide bonds. The van der Waals surface area contributed by atoms with E-state index in [2.05, 4.69) is 25.9 Å². The third-order valence-corrected chi connectivity index (χ3v) is 2.12. The van der Waals surface area contributed by atoms with Gasteiger partial charge in [0.1, 0.15) is 0 Å². The molecular weight excluding hydrogens is 262 g/mol. The Labute approximate surface area is 95.6 Å². The number of hydrogen-bond donors (Lipinski definition) is 1. The van der Waals surface area contributed by atoms with Crippen molar-refractivity contribution in [2.45, 2.75) is 0 Å². The molecule has 0 aliphatic carbocycles. The Morgan fingerprint density at radius 2 is 2.33 bits per heavy atom. The zero-order valence-electron chi connectivity index (χ0n) is 8.31. The van der Waals surface area contributed by atoms with Crippen molar-refractivity contribution in [2.24, 2.45) is 4.99 Å². The lowest BCUT2D eigenvalue weighted by molar-refractivity contribution is 0.0696. The first kappa shape index (κ1) is 11.6. The lowest BCUT2D eigenvalue weighted by Crippen LogP contribution is -2.07. The third-order valence-electron chi connectivity index (χ3n) is 1.49. The molecule has 0 bridgehead atoms. The van der Waals surface area contributed by atoms with Crippen LogP contribution in [0.2, 0.25) is 0 Å². The van der Waals surface area contributed by atoms with E-state index < -0.39 is 5.97 Å². The van der Waals surface area contributed by atoms with Crippen molar-refractivity contribution in [1.29, 1.82) is 0 Å². The number of hydrogen-bond acceptors (Lipinski definition) is 3. The molecule has 1 N–H and O–H groups in total. The van der Waals surface area contributed by atoms with Gasteiger partial charge in [0.25, 0.3) is 0 Å². The van der Waals surface area contributed by atoms with Crippen molar-refractivity contribution in [2.75, 3.05) is 14.1 Å². The van der Waals surface area contributed by atoms with Crippen LogP contribution in [-0.4, -0.2) is 41.4 Å². The first-order chi connectivity index (χ1) is 7.00. The molecule has 1 aromatic rings. The summed E-state index contributed by atoms with van der Waals surface area (Å²) in [7, 11) is 3.64. The number of halogens is 1. The van der Waals surface area contributed by atoms with Gasteiger partial charge in [-0.2, -0.15) is 0 Å². The largest absolute Gasteiger partial charge is 0.478 e. The van der Waals surface area contributed by atoms with E-state index in [0.717, 1.165) is 0 Å². The highest BCUT2D eigenvalue weighted by Gasteiger charge is 2.09. The number of aromatic nitrogens is 1. The van der Waals surface area contributed by atoms with Gasteiger partial charge in [-0.1, -0.05) is 0 Å². The number of carboxylic acids is 1. The molecule has 6 heteroatoms. The second-order valence-corrected chi connectivity index (χ2v) is 3.89. The van der Waals surface area contributed by atoms with Crippen LogP contribution in [0.3, 0.4) is 0 Å². The van der Waals surface area contributed by atoms with Crippen LogP contribution >= 0.6 is 15.9 Å². The van der Waals surface area contributed by atoms with E-state index in [1.807, 2.05) is 14.1 Å². The van der Waals surface area contributed by atoms with Crippen LogP contribution in [0.4, 0.5) is 5.82 Å². The summed E-state index contributed by atoms with van der Waals surface area (Å²) < 4.78 is 0.443. The van der Waals surface area contributed by atoms with Gasteiger partial charge in [-0.15, -0.1) is 0 Å². The fourth-order valence-electron chi connectivity index (χ4n) is 0.837. The quantitative estimate of drug-likeness (QED) is 0.672. The summed E-state index contributed by atoms with van der Waals surface area (Å²) in [5, 5.41) is 8.85. The molecule has 0 aliphatic heterocycles. The van der Waals surface area contributed by atoms with Crippen LogP contribution in [0, 0.1) is 0 Å². The van der Waals surface area contributed by atoms with Crippen LogP contribution in [0.5, 0.6) is 0 Å². The topological polar surface area (TPSA) is 65.8 Å². The normalized spacial score (nSPS) is 10.6. The summed E-state index contributed by atoms with van der Waals surface area (Å²) in [6.07, 6.45) is 2.98. The van der Waals surface area contributed by atoms with Crippen LogP contribution in [0.1, 0.15) is 10.4 Å². The van der Waals surface area contributed by atoms with Gasteiger partial charge in [0.2, 0.25) is 0 Å². The van der Waals surface area contributed by atoms with Gasteiger partial charge in [0.15, 0.2) is 5.82 Å². The van der Waals surface area contributed by atoms with Gasteiger partial charge < -0.3 is 10.0 Å². The highest BCUT2D eigenvalue weighted by molar-refractivity contribution is 9.10. The average Bonchev–Trinajstić information content (AvgIpc) is 2.16. The first-order valence-electron chi connectivity index (χ1n) is 4.10. The predicted octanol–water partition coefficient (Wildman–Crippen LogP) is 1.76. The Hall–Kier alpha value is -1.43. The Morgan fingerprint density at radius 1 is 1.67 bits per heavy atom. The van der Waals surface area contributed by atoms with Gasteiger partial charge >= 0.3 is 5.97 Å². The SMILES string of the molecule is CN(C)/C=N/c1cc(C(=O)O)c(Br)cn1. The molecule has 0 unspecified atom stereocenters. The van der Waals surface area contributed by atoms with E-state index in [1.165, 1.54) is 12.3 Å². The molecule has 0 atom stereocenters. The standard InChI is InChI=1S/C9H10BrN3O2/c1-13(2)5-12-8-3-6(9(14)15)7(10)4-11-8/h3-5H,1-2H3,(H,14,15)/b12-5+. The molecule has 1 heterocycles. The van der Waals surface area contributed by atoms with Gasteiger partial charge in [0.05, 0.1) is 16.4 Å². The van der Waals surface area contributed by atoms with Crippen molar-refractivity contribution in [3.05, 3.63) is 22.3 Å². The summed E-state index contributed by atoms with van der Waals surface area (Å²) in [4.78, 5) is 20.5. The van der Waals surface area contributed by atoms with Crippen LogP contribution < -0.4 is 0 Å². The Bertz CT molecular complexity index is 404. The molecule has 0 radical (unpaired) electrons. The minimum absolute atomic E-state index is 0.149. The minimum Gasteiger partial charge on any atom is -0.478 e. The van der Waals surface area contributed by atoms with E-state index in [9.17, 15) is 4.79 Å². The lowest BCUT2D eigenvalue weighted by atomic mass is 10.3. The molecule has 1 aromatic heterocycles. The van der Waals surface area contributed by atoms with Gasteiger partial charge in [-0.25, -0.2) is 14.8 Å². The molecule has 80 valence electrons. The highest BCUT2D eigenvalue weighted by atomic mass is 79.9. The number of aromatic carboxylic acids is 1. The molecule has 0 saturated carbocycles. The lowest BCUT2D eigenvalue weighted by Gasteiger charge is -2.03. The maximum absolute atomic E-state index is 10.8. The number of carbonyl (C=O) groups is 1. The maximum atomic E-state index is 10.8. The van der Waals surface area contributed by atoms with Crippen molar-refractivity contribution < 1.29 is 9.90 Å². The van der Waals surface area contributed by atoms with E-state index in [4.69, 9.17) is 5.11 Å². The molecule has 0 aliphatic rings. The van der Waals surface area contributed by atoms with Crippen LogP contribution in [0.25, 0.3) is 0 Å². The Morgan fingerprint density at radius 3 is 2.87 bits per heavy atom. The summed E-state index contributed by atoms with van der Waals surface area (Å²) >= 11 is 3.11. The van der Waals surface area contributed by atoms with Gasteiger partial charge in [-0.3, -0.25) is 0 Å². The van der Waals surface area contributed by atoms with Crippen molar-refractivity contribution >= 4 is 34.1 Å². The fraction of sp³-hybridized carbons (Fsp3) is 0.222. The molecular formula is C9H10BrN3O2. The molecule has 5 nitrogen and oxygen atoms in total. The van der Waals surface area contributed by atoms with Gasteiger partial charge in [-0.05, 0) is 22.0 Å². The monoisotopic (exact) mass is 271 g/mol. The smallest absolute Gasteiger partial charge is 0.337 e. The van der Waals surface area contributed by atoms with Crippen molar-refractivity contribution in [1.82, 2.24) is 9.88 Å². The molecule has 1 rings (SSSR count). The number of rotatable bonds is 3. The van der Waals surface area contributed by atoms with E-state index in [0.29, 0.717) is 10.3 Å². The van der Waals surface area contributed by atoms with Crippen molar-refractivity contribution in [3.8, 4) is 0 Å². The van der Waals surface area contributed by atoms with Crippen LogP contribution in [-0.2, 0) is 0 Å². The van der Waals surface area contributed by atoms with Crippen molar-refractivity contribution in [3.63, 3.8) is 0 Å². The summed E-state index contributed by atoms with van der Waals surface area (Å²) in [6, 6.07) is 1.41. The zero-order chi connectivity index (χ0) is 11.4. The van der Waals surface area contributed by atoms with Crippen LogP contribution in [0.15, 0.2) is 21.7 Å². The van der Waals surface area contributed by atoms with E-state index >= 15 is 0 Å². The third kappa shape index (κ3) is 3.32. The minimum atomic E-state index is -1.01. The van der Waals surface area contributed by atoms with Gasteiger partial charge in [0, 0.05) is 20.3 Å². The predicted molar refractivity (Wildman–Crippen MR) is 60.7 cm³/mol. The summed E-state index contributed by atoms with van der Waals surface area (Å²) in [5.41, 5.74) is 0.149. The van der Waals surface area contributed by atoms with E-state index in [1.54, 1.807) is 11.2 Å². The highest BCUT2D eigenvalue weighted by Crippen LogP contribution is 2.19. The Kier molecular flexibility index (Phi) is 3.79. The number of carboxylic acid groups (broad SMARTS) is 1. The molecule has 0 spiro atoms. The number of nitrogens with zero attached hydrogens (tertiary/aromatic N) is 3. The molecule has 15 heavy (non-hydrogen) atoms. The second kappa shape index (κ2) is 4.88. The first-order valence-corrected chi connectivity index (χ1v) is 4.89. The van der Waals surface area contributed by atoms with E-state index in [-0.39, 0.29) is 5.56 Å². The average molecular weight is 272 g/mol. The Balaban J connectivity index is 3.03. The molecule has 0 fully saturated rings. The molecule has 0 aromatic carbocycles.